The first-order valence-corrected chi connectivity index (χ1v) is 7.73. The Kier molecular flexibility index (Phi) is 4.58. The molecule has 106 valence electrons. The summed E-state index contributed by atoms with van der Waals surface area (Å²) in [5.74, 6) is 0.148. The molecule has 7 heteroatoms. The van der Waals surface area contributed by atoms with Gasteiger partial charge in [0.25, 0.3) is 10.0 Å². The van der Waals surface area contributed by atoms with Crippen LogP contribution in [0.3, 0.4) is 0 Å². The van der Waals surface area contributed by atoms with E-state index in [1.807, 2.05) is 6.07 Å². The maximum Gasteiger partial charge on any atom is 0.256 e. The van der Waals surface area contributed by atoms with Gasteiger partial charge in [-0.1, -0.05) is 23.7 Å². The first-order valence-electron chi connectivity index (χ1n) is 5.81. The number of nitrogens with one attached hydrogen (secondary N) is 1. The van der Waals surface area contributed by atoms with Crippen LogP contribution in [0.25, 0.3) is 6.08 Å². The second-order valence-electron chi connectivity index (χ2n) is 4.05. The molecule has 1 N–H and O–H groups in total. The Morgan fingerprint density at radius 2 is 1.90 bits per heavy atom. The van der Waals surface area contributed by atoms with Crippen LogP contribution in [0.5, 0.6) is 0 Å². The van der Waals surface area contributed by atoms with Crippen LogP contribution in [-0.4, -0.2) is 13.4 Å². The van der Waals surface area contributed by atoms with E-state index < -0.39 is 10.0 Å². The van der Waals surface area contributed by atoms with Crippen LogP contribution in [0.4, 0.5) is 5.82 Å². The van der Waals surface area contributed by atoms with Crippen molar-refractivity contribution in [2.24, 2.45) is 0 Å². The van der Waals surface area contributed by atoms with Crippen LogP contribution in [0, 0.1) is 11.3 Å². The summed E-state index contributed by atoms with van der Waals surface area (Å²) in [6, 6.07) is 11.6. The number of halogens is 1. The molecule has 0 saturated heterocycles. The third-order valence-corrected chi connectivity index (χ3v) is 3.69. The van der Waals surface area contributed by atoms with Crippen molar-refractivity contribution in [2.75, 3.05) is 4.72 Å². The minimum atomic E-state index is -3.67. The first-order chi connectivity index (χ1) is 9.98. The highest BCUT2D eigenvalue weighted by atomic mass is 35.5. The molecule has 0 aliphatic rings. The average Bonchev–Trinajstić information content (AvgIpc) is 2.47. The molecule has 0 bridgehead atoms. The van der Waals surface area contributed by atoms with E-state index in [4.69, 9.17) is 16.9 Å². The van der Waals surface area contributed by atoms with Gasteiger partial charge in [-0.2, -0.15) is 5.26 Å². The van der Waals surface area contributed by atoms with Gasteiger partial charge in [0.15, 0.2) is 0 Å². The fourth-order valence-corrected chi connectivity index (χ4v) is 2.38. The van der Waals surface area contributed by atoms with Crippen molar-refractivity contribution in [3.8, 4) is 6.07 Å². The molecule has 0 unspecified atom stereocenters. The zero-order valence-electron chi connectivity index (χ0n) is 10.7. The lowest BCUT2D eigenvalue weighted by atomic mass is 10.2. The standard InChI is InChI=1S/C14H10ClN3O2S/c15-13-4-1-11(2-5-13)7-8-21(19,20)18-14-6-3-12(9-16)10-17-14/h1-8,10H,(H,17,18). The summed E-state index contributed by atoms with van der Waals surface area (Å²) >= 11 is 5.75. The van der Waals surface area contributed by atoms with E-state index in [1.165, 1.54) is 24.4 Å². The van der Waals surface area contributed by atoms with E-state index in [2.05, 4.69) is 9.71 Å². The van der Waals surface area contributed by atoms with Crippen molar-refractivity contribution in [1.29, 1.82) is 5.26 Å². The Morgan fingerprint density at radius 3 is 2.48 bits per heavy atom. The zero-order valence-corrected chi connectivity index (χ0v) is 12.3. The first kappa shape index (κ1) is 15.0. The Hall–Kier alpha value is -2.36. The molecule has 1 aromatic heterocycles. The summed E-state index contributed by atoms with van der Waals surface area (Å²) in [5.41, 5.74) is 1.06. The molecule has 1 aromatic carbocycles. The number of aromatic nitrogens is 1. The van der Waals surface area contributed by atoms with Gasteiger partial charge in [0, 0.05) is 11.2 Å². The van der Waals surface area contributed by atoms with E-state index in [0.717, 1.165) is 5.41 Å². The summed E-state index contributed by atoms with van der Waals surface area (Å²) in [5, 5.41) is 10.3. The molecule has 1 heterocycles. The number of rotatable bonds is 4. The summed E-state index contributed by atoms with van der Waals surface area (Å²) in [7, 11) is -3.67. The molecule has 0 aliphatic carbocycles. The summed E-state index contributed by atoms with van der Waals surface area (Å²) in [4.78, 5) is 3.84. The quantitative estimate of drug-likeness (QED) is 0.939. The van der Waals surface area contributed by atoms with Gasteiger partial charge in [-0.15, -0.1) is 0 Å². The van der Waals surface area contributed by atoms with Crippen LogP contribution >= 0.6 is 11.6 Å². The lowest BCUT2D eigenvalue weighted by Gasteiger charge is -2.03. The topological polar surface area (TPSA) is 82.9 Å². The molecular formula is C14H10ClN3O2S. The van der Waals surface area contributed by atoms with Crippen LogP contribution < -0.4 is 4.72 Å². The van der Waals surface area contributed by atoms with Crippen molar-refractivity contribution in [3.05, 3.63) is 64.2 Å². The summed E-state index contributed by atoms with van der Waals surface area (Å²) in [6.07, 6.45) is 2.74. The maximum atomic E-state index is 11.9. The SMILES string of the molecule is N#Cc1ccc(NS(=O)(=O)C=Cc2ccc(Cl)cc2)nc1. The van der Waals surface area contributed by atoms with Crippen molar-refractivity contribution >= 4 is 33.5 Å². The minimum absolute atomic E-state index is 0.148. The van der Waals surface area contributed by atoms with Gasteiger partial charge in [-0.25, -0.2) is 13.4 Å². The molecule has 5 nitrogen and oxygen atoms in total. The smallest absolute Gasteiger partial charge is 0.256 e. The van der Waals surface area contributed by atoms with Crippen LogP contribution in [-0.2, 0) is 10.0 Å². The molecule has 0 fully saturated rings. The number of hydrogen-bond donors (Lipinski definition) is 1. The molecule has 0 saturated carbocycles. The fraction of sp³-hybridized carbons (Fsp3) is 0. The summed E-state index contributed by atoms with van der Waals surface area (Å²) in [6.45, 7) is 0. The zero-order chi connectivity index (χ0) is 15.3. The molecule has 0 amide bonds. The molecule has 0 radical (unpaired) electrons. The lowest BCUT2D eigenvalue weighted by molar-refractivity contribution is 0.609. The summed E-state index contributed by atoms with van der Waals surface area (Å²) < 4.78 is 26.0. The third-order valence-electron chi connectivity index (χ3n) is 2.45. The van der Waals surface area contributed by atoms with Crippen LogP contribution in [0.2, 0.25) is 5.02 Å². The predicted molar refractivity (Wildman–Crippen MR) is 82.0 cm³/mol. The molecule has 0 atom stereocenters. The fourth-order valence-electron chi connectivity index (χ4n) is 1.44. The second kappa shape index (κ2) is 6.39. The Morgan fingerprint density at radius 1 is 1.19 bits per heavy atom. The van der Waals surface area contributed by atoms with Crippen molar-refractivity contribution in [2.45, 2.75) is 0 Å². The number of hydrogen-bond acceptors (Lipinski definition) is 4. The highest BCUT2D eigenvalue weighted by Gasteiger charge is 2.06. The molecule has 0 spiro atoms. The van der Waals surface area contributed by atoms with Crippen LogP contribution in [0.1, 0.15) is 11.1 Å². The van der Waals surface area contributed by atoms with E-state index in [0.29, 0.717) is 16.1 Å². The van der Waals surface area contributed by atoms with E-state index >= 15 is 0 Å². The highest BCUT2D eigenvalue weighted by Crippen LogP contribution is 2.12. The second-order valence-corrected chi connectivity index (χ2v) is 6.05. The number of nitriles is 1. The molecule has 2 aromatic rings. The van der Waals surface area contributed by atoms with E-state index in [-0.39, 0.29) is 5.82 Å². The molecule has 21 heavy (non-hydrogen) atoms. The van der Waals surface area contributed by atoms with Gasteiger partial charge < -0.3 is 0 Å². The Balaban J connectivity index is 2.11. The lowest BCUT2D eigenvalue weighted by Crippen LogP contribution is -2.09. The van der Waals surface area contributed by atoms with Gasteiger partial charge in [0.05, 0.1) is 11.0 Å². The molecular weight excluding hydrogens is 310 g/mol. The van der Waals surface area contributed by atoms with E-state index in [9.17, 15) is 8.42 Å². The monoisotopic (exact) mass is 319 g/mol. The number of nitrogens with zero attached hydrogens (tertiary/aromatic N) is 2. The van der Waals surface area contributed by atoms with Crippen molar-refractivity contribution in [1.82, 2.24) is 4.98 Å². The van der Waals surface area contributed by atoms with Gasteiger partial charge in [-0.05, 0) is 35.9 Å². The Labute approximate surface area is 127 Å². The van der Waals surface area contributed by atoms with E-state index in [1.54, 1.807) is 24.3 Å². The van der Waals surface area contributed by atoms with Gasteiger partial charge >= 0.3 is 0 Å². The number of benzene rings is 1. The number of pyridine rings is 1. The highest BCUT2D eigenvalue weighted by molar-refractivity contribution is 7.95. The van der Waals surface area contributed by atoms with Crippen molar-refractivity contribution < 1.29 is 8.42 Å². The van der Waals surface area contributed by atoms with Crippen molar-refractivity contribution in [3.63, 3.8) is 0 Å². The largest absolute Gasteiger partial charge is 0.264 e. The third kappa shape index (κ3) is 4.60. The minimum Gasteiger partial charge on any atom is -0.264 e. The van der Waals surface area contributed by atoms with Crippen LogP contribution in [0.15, 0.2) is 48.0 Å². The molecule has 2 rings (SSSR count). The van der Waals surface area contributed by atoms with Gasteiger partial charge in [0.2, 0.25) is 0 Å². The predicted octanol–water partition coefficient (Wildman–Crippen LogP) is 3.02. The average molecular weight is 320 g/mol. The molecule has 0 aliphatic heterocycles. The normalized spacial score (nSPS) is 11.2. The maximum absolute atomic E-state index is 11.9. The Bertz CT molecular complexity index is 792. The number of anilines is 1. The number of sulfonamides is 1. The van der Waals surface area contributed by atoms with Gasteiger partial charge in [0.1, 0.15) is 11.9 Å². The van der Waals surface area contributed by atoms with Gasteiger partial charge in [-0.3, -0.25) is 4.72 Å².